The van der Waals surface area contributed by atoms with E-state index in [4.69, 9.17) is 24.2 Å². The first-order valence-corrected chi connectivity index (χ1v) is 9.74. The lowest BCUT2D eigenvalue weighted by Crippen LogP contribution is -2.48. The number of Topliss-reactive ketones (excluding diaryl/α,β-unsaturated/α-hetero) is 1. The molecule has 24 heavy (non-hydrogen) atoms. The third-order valence-corrected chi connectivity index (χ3v) is 5.82. The molecule has 0 N–H and O–H groups in total. The number of hydrogen-bond acceptors (Lipinski definition) is 4. The van der Waals surface area contributed by atoms with Crippen molar-refractivity contribution < 1.29 is 9.36 Å². The quantitative estimate of drug-likeness (QED) is 0.259. The molecule has 0 aliphatic heterocycles. The van der Waals surface area contributed by atoms with Crippen LogP contribution in [0.5, 0.6) is 0 Å². The van der Waals surface area contributed by atoms with E-state index in [1.165, 1.54) is 35.3 Å². The van der Waals surface area contributed by atoms with Gasteiger partial charge in [-0.2, -0.15) is 4.57 Å². The van der Waals surface area contributed by atoms with Crippen molar-refractivity contribution >= 4 is 46.4 Å². The highest BCUT2D eigenvalue weighted by Gasteiger charge is 2.30. The Hall–Kier alpha value is -1.30. The summed E-state index contributed by atoms with van der Waals surface area (Å²) in [5.74, 6) is -0.0464. The van der Waals surface area contributed by atoms with E-state index in [1.807, 2.05) is 17.7 Å². The highest BCUT2D eigenvalue weighted by Crippen LogP contribution is 2.25. The second kappa shape index (κ2) is 7.72. The van der Waals surface area contributed by atoms with Crippen LogP contribution in [0.4, 0.5) is 0 Å². The monoisotopic (exact) mass is 378 g/mol. The molecule has 0 fully saturated rings. The normalized spacial score (nSPS) is 15.8. The molecule has 0 bridgehead atoms. The Bertz CT molecular complexity index is 785. The molecule has 1 aliphatic carbocycles. The lowest BCUT2D eigenvalue weighted by Gasteiger charge is -2.20. The summed E-state index contributed by atoms with van der Waals surface area (Å²) in [6.07, 6.45) is 8.62. The molecule has 1 aliphatic rings. The number of fused-ring (bicyclic) bond motifs is 1. The molecule has 2 heterocycles. The van der Waals surface area contributed by atoms with E-state index in [1.54, 1.807) is 12.1 Å². The van der Waals surface area contributed by atoms with Crippen LogP contribution in [0.25, 0.3) is 0 Å². The number of hydrogen-bond donors (Lipinski definition) is 0. The Balaban J connectivity index is 2.01. The lowest BCUT2D eigenvalue weighted by atomic mass is 9.93. The van der Waals surface area contributed by atoms with Crippen molar-refractivity contribution in [2.75, 3.05) is 6.54 Å². The van der Waals surface area contributed by atoms with Gasteiger partial charge in [-0.15, -0.1) is 11.3 Å². The van der Waals surface area contributed by atoms with Crippen molar-refractivity contribution in [1.82, 2.24) is 0 Å². The fourth-order valence-electron chi connectivity index (χ4n) is 3.05. The summed E-state index contributed by atoms with van der Waals surface area (Å²) in [5, 5.41) is 0.424. The fraction of sp³-hybridized carbons (Fsp3) is 0.389. The Labute approximate surface area is 156 Å². The van der Waals surface area contributed by atoms with Gasteiger partial charge in [-0.05, 0) is 55.3 Å². The van der Waals surface area contributed by atoms with Gasteiger partial charge in [-0.1, -0.05) is 11.6 Å². The van der Waals surface area contributed by atoms with E-state index in [2.05, 4.69) is 17.3 Å². The standard InChI is InChI=1S/C18H19ClN2OS2/c1-2-20-18(23)16(17(22)14-7-8-15(19)24-14)21-10-9-12-5-3-4-6-13(12)11-21/h7-11,16H,2-6H2,1H3. The Morgan fingerprint density at radius 3 is 2.75 bits per heavy atom. The Morgan fingerprint density at radius 2 is 2.08 bits per heavy atom. The van der Waals surface area contributed by atoms with Crippen LogP contribution in [-0.4, -0.2) is 17.4 Å². The highest BCUT2D eigenvalue weighted by atomic mass is 35.5. The van der Waals surface area contributed by atoms with Crippen LogP contribution in [0.3, 0.4) is 0 Å². The van der Waals surface area contributed by atoms with Crippen LogP contribution in [0.1, 0.15) is 46.6 Å². The maximum Gasteiger partial charge on any atom is 0.244 e. The van der Waals surface area contributed by atoms with Crippen LogP contribution in [-0.2, 0) is 25.5 Å². The van der Waals surface area contributed by atoms with E-state index >= 15 is 0 Å². The van der Waals surface area contributed by atoms with Gasteiger partial charge < -0.3 is 17.6 Å². The minimum Gasteiger partial charge on any atom is -0.758 e. The Kier molecular flexibility index (Phi) is 5.64. The van der Waals surface area contributed by atoms with Gasteiger partial charge >= 0.3 is 0 Å². The number of halogens is 1. The van der Waals surface area contributed by atoms with Gasteiger partial charge in [0, 0.05) is 18.2 Å². The van der Waals surface area contributed by atoms with Crippen molar-refractivity contribution in [3.63, 3.8) is 0 Å². The van der Waals surface area contributed by atoms with Crippen molar-refractivity contribution in [3.8, 4) is 0 Å². The predicted octanol–water partition coefficient (Wildman–Crippen LogP) is 3.96. The molecule has 6 heteroatoms. The van der Waals surface area contributed by atoms with E-state index in [9.17, 15) is 4.79 Å². The number of carbonyl (C=O) groups is 1. The second-order valence-electron chi connectivity index (χ2n) is 5.83. The van der Waals surface area contributed by atoms with Gasteiger partial charge in [0.05, 0.1) is 9.21 Å². The minimum atomic E-state index is -0.582. The fourth-order valence-corrected chi connectivity index (χ4v) is 4.41. The first-order valence-electron chi connectivity index (χ1n) is 8.13. The summed E-state index contributed by atoms with van der Waals surface area (Å²) in [6.45, 7) is 2.49. The van der Waals surface area contributed by atoms with Gasteiger partial charge in [0.25, 0.3) is 0 Å². The van der Waals surface area contributed by atoms with Gasteiger partial charge in [0.1, 0.15) is 0 Å². The second-order valence-corrected chi connectivity index (χ2v) is 7.97. The van der Waals surface area contributed by atoms with E-state index in [0.717, 1.165) is 12.8 Å². The van der Waals surface area contributed by atoms with Gasteiger partial charge in [-0.3, -0.25) is 4.79 Å². The van der Waals surface area contributed by atoms with Gasteiger partial charge in [-0.25, -0.2) is 0 Å². The van der Waals surface area contributed by atoms with Crippen LogP contribution < -0.4 is 4.57 Å². The maximum atomic E-state index is 13.0. The number of pyridine rings is 1. The summed E-state index contributed by atoms with van der Waals surface area (Å²) < 4.78 is 2.52. The van der Waals surface area contributed by atoms with Gasteiger partial charge in [0.2, 0.25) is 11.8 Å². The molecular formula is C18H19ClN2OS2. The number of carbonyl (C=O) groups excluding carboxylic acids is 1. The van der Waals surface area contributed by atoms with E-state index in [-0.39, 0.29) is 5.78 Å². The molecule has 0 radical (unpaired) electrons. The SMILES string of the molecule is CCN=C([S-])C(C(=O)c1ccc(Cl)s1)[n+]1ccc2c(c1)CCCC2. The van der Waals surface area contributed by atoms with Crippen LogP contribution in [0.15, 0.2) is 35.6 Å². The average molecular weight is 379 g/mol. The topological polar surface area (TPSA) is 33.3 Å². The molecule has 126 valence electrons. The number of thiophene rings is 1. The molecule has 2 aromatic heterocycles. The first kappa shape index (κ1) is 17.5. The van der Waals surface area contributed by atoms with Crippen LogP contribution in [0.2, 0.25) is 4.34 Å². The van der Waals surface area contributed by atoms with Crippen molar-refractivity contribution in [2.45, 2.75) is 38.6 Å². The van der Waals surface area contributed by atoms with Crippen molar-refractivity contribution in [2.24, 2.45) is 4.99 Å². The molecule has 1 unspecified atom stereocenters. The number of aryl methyl sites for hydroxylation is 2. The molecule has 0 amide bonds. The van der Waals surface area contributed by atoms with Crippen molar-refractivity contribution in [3.05, 3.63) is 50.9 Å². The van der Waals surface area contributed by atoms with E-state index < -0.39 is 6.04 Å². The first-order chi connectivity index (χ1) is 11.6. The molecule has 0 saturated carbocycles. The molecule has 0 spiro atoms. The molecule has 3 nitrogen and oxygen atoms in total. The molecule has 0 aromatic carbocycles. The maximum absolute atomic E-state index is 13.0. The summed E-state index contributed by atoms with van der Waals surface area (Å²) >= 11 is 12.7. The van der Waals surface area contributed by atoms with Crippen molar-refractivity contribution in [1.29, 1.82) is 0 Å². The summed E-state index contributed by atoms with van der Waals surface area (Å²) in [6, 6.07) is 5.04. The number of ketones is 1. The Morgan fingerprint density at radius 1 is 1.33 bits per heavy atom. The minimum absolute atomic E-state index is 0.0464. The number of aliphatic imine (C=N–C) groups is 1. The smallest absolute Gasteiger partial charge is 0.244 e. The zero-order valence-corrected chi connectivity index (χ0v) is 15.9. The van der Waals surface area contributed by atoms with Crippen LogP contribution in [0, 0.1) is 0 Å². The largest absolute Gasteiger partial charge is 0.758 e. The third-order valence-electron chi connectivity index (χ3n) is 4.22. The lowest BCUT2D eigenvalue weighted by molar-refractivity contribution is -0.692. The molecule has 3 rings (SSSR count). The third kappa shape index (κ3) is 3.68. The number of rotatable bonds is 5. The predicted molar refractivity (Wildman–Crippen MR) is 101 cm³/mol. The van der Waals surface area contributed by atoms with Crippen LogP contribution >= 0.6 is 22.9 Å². The summed E-state index contributed by atoms with van der Waals surface area (Å²) in [4.78, 5) is 18.0. The van der Waals surface area contributed by atoms with E-state index in [0.29, 0.717) is 20.8 Å². The molecule has 0 saturated heterocycles. The van der Waals surface area contributed by atoms with Gasteiger partial charge in [0.15, 0.2) is 12.4 Å². The highest BCUT2D eigenvalue weighted by molar-refractivity contribution is 7.77. The zero-order chi connectivity index (χ0) is 17.1. The summed E-state index contributed by atoms with van der Waals surface area (Å²) in [7, 11) is 0. The number of nitrogens with zero attached hydrogens (tertiary/aromatic N) is 2. The number of aromatic nitrogens is 1. The molecule has 1 atom stereocenters. The zero-order valence-electron chi connectivity index (χ0n) is 13.5. The molecular weight excluding hydrogens is 360 g/mol. The molecule has 2 aromatic rings. The summed E-state index contributed by atoms with van der Waals surface area (Å²) in [5.41, 5.74) is 2.69. The average Bonchev–Trinajstić information content (AvgIpc) is 3.02.